The van der Waals surface area contributed by atoms with Gasteiger partial charge in [-0.05, 0) is 45.0 Å². The van der Waals surface area contributed by atoms with Crippen LogP contribution in [0.1, 0.15) is 32.6 Å². The molecule has 3 nitrogen and oxygen atoms in total. The molecule has 0 aliphatic heterocycles. The normalized spacial score (nSPS) is 11.4. The first-order valence-corrected chi connectivity index (χ1v) is 6.86. The molecule has 4 heteroatoms. The number of nitrogens with one attached hydrogen (secondary N) is 1. The molecule has 1 N–H and O–H groups in total. The minimum atomic E-state index is -0.187. The molecule has 0 atom stereocenters. The molecule has 0 unspecified atom stereocenters. The first-order valence-electron chi connectivity index (χ1n) is 6.04. The molecule has 0 bridgehead atoms. The summed E-state index contributed by atoms with van der Waals surface area (Å²) in [6.07, 6.45) is 0. The quantitative estimate of drug-likeness (QED) is 0.674. The van der Waals surface area contributed by atoms with Gasteiger partial charge in [0.15, 0.2) is 0 Å². The summed E-state index contributed by atoms with van der Waals surface area (Å²) in [6.45, 7) is 5.93. The van der Waals surface area contributed by atoms with E-state index in [-0.39, 0.29) is 5.91 Å². The van der Waals surface area contributed by atoms with Crippen LogP contribution in [0.3, 0.4) is 0 Å². The largest absolute Gasteiger partial charge is 0.271 e. The van der Waals surface area contributed by atoms with Gasteiger partial charge < -0.3 is 0 Å². The van der Waals surface area contributed by atoms with Crippen molar-refractivity contribution in [2.45, 2.75) is 20.8 Å². The third kappa shape index (κ3) is 3.51. The van der Waals surface area contributed by atoms with E-state index in [1.54, 1.807) is 23.5 Å². The number of benzene rings is 1. The molecule has 0 aliphatic rings. The summed E-state index contributed by atoms with van der Waals surface area (Å²) >= 11 is 1.66. The fourth-order valence-corrected chi connectivity index (χ4v) is 2.40. The maximum Gasteiger partial charge on any atom is 0.271 e. The Morgan fingerprint density at radius 3 is 2.37 bits per heavy atom. The lowest BCUT2D eigenvalue weighted by Crippen LogP contribution is -2.19. The highest BCUT2D eigenvalue weighted by Crippen LogP contribution is 2.15. The second kappa shape index (κ2) is 5.80. The molecule has 19 heavy (non-hydrogen) atoms. The number of thiophene rings is 1. The van der Waals surface area contributed by atoms with Crippen molar-refractivity contribution in [3.63, 3.8) is 0 Å². The van der Waals surface area contributed by atoms with Gasteiger partial charge in [-0.3, -0.25) is 4.79 Å². The summed E-state index contributed by atoms with van der Waals surface area (Å²) in [5, 5.41) is 4.13. The molecule has 98 valence electrons. The fourth-order valence-electron chi connectivity index (χ4n) is 1.59. The summed E-state index contributed by atoms with van der Waals surface area (Å²) in [5.41, 5.74) is 5.14. The number of nitrogens with zero attached hydrogens (tertiary/aromatic N) is 1. The van der Waals surface area contributed by atoms with E-state index >= 15 is 0 Å². The van der Waals surface area contributed by atoms with Crippen molar-refractivity contribution in [2.24, 2.45) is 5.10 Å². The van der Waals surface area contributed by atoms with E-state index in [9.17, 15) is 4.79 Å². The topological polar surface area (TPSA) is 41.5 Å². The summed E-state index contributed by atoms with van der Waals surface area (Å²) in [6, 6.07) is 11.5. The van der Waals surface area contributed by atoms with Crippen molar-refractivity contribution >= 4 is 23.0 Å². The number of carbonyl (C=O) groups is 1. The molecule has 0 radical (unpaired) electrons. The van der Waals surface area contributed by atoms with Crippen molar-refractivity contribution in [2.75, 3.05) is 0 Å². The SMILES string of the molecule is CC(=NNC(=O)c1ccc(C)cc1)c1ccc(C)s1. The average Bonchev–Trinajstić information content (AvgIpc) is 2.83. The number of rotatable bonds is 3. The highest BCUT2D eigenvalue weighted by Gasteiger charge is 2.05. The van der Waals surface area contributed by atoms with E-state index in [1.807, 2.05) is 45.0 Å². The third-order valence-electron chi connectivity index (χ3n) is 2.74. The van der Waals surface area contributed by atoms with Gasteiger partial charge in [-0.2, -0.15) is 5.10 Å². The van der Waals surface area contributed by atoms with Crippen molar-refractivity contribution in [3.05, 3.63) is 57.3 Å². The third-order valence-corrected chi connectivity index (χ3v) is 3.85. The summed E-state index contributed by atoms with van der Waals surface area (Å²) < 4.78 is 0. The maximum atomic E-state index is 11.9. The minimum absolute atomic E-state index is 0.187. The van der Waals surface area contributed by atoms with E-state index in [4.69, 9.17) is 0 Å². The monoisotopic (exact) mass is 272 g/mol. The van der Waals surface area contributed by atoms with E-state index in [2.05, 4.69) is 10.5 Å². The Morgan fingerprint density at radius 1 is 1.11 bits per heavy atom. The second-order valence-electron chi connectivity index (χ2n) is 4.41. The maximum absolute atomic E-state index is 11.9. The summed E-state index contributed by atoms with van der Waals surface area (Å²) in [5.74, 6) is -0.187. The Kier molecular flexibility index (Phi) is 4.12. The van der Waals surface area contributed by atoms with Crippen LogP contribution >= 0.6 is 11.3 Å². The number of carbonyl (C=O) groups excluding carboxylic acids is 1. The predicted molar refractivity (Wildman–Crippen MR) is 79.9 cm³/mol. The second-order valence-corrected chi connectivity index (χ2v) is 5.70. The molecule has 1 aromatic heterocycles. The fraction of sp³-hybridized carbons (Fsp3) is 0.200. The average molecular weight is 272 g/mol. The van der Waals surface area contributed by atoms with Crippen LogP contribution in [-0.2, 0) is 0 Å². The van der Waals surface area contributed by atoms with Crippen LogP contribution in [0.15, 0.2) is 41.5 Å². The van der Waals surface area contributed by atoms with Gasteiger partial charge in [0.2, 0.25) is 0 Å². The highest BCUT2D eigenvalue weighted by atomic mass is 32.1. The van der Waals surface area contributed by atoms with Gasteiger partial charge in [0.05, 0.1) is 10.6 Å². The van der Waals surface area contributed by atoms with Crippen LogP contribution < -0.4 is 5.43 Å². The lowest BCUT2D eigenvalue weighted by atomic mass is 10.1. The van der Waals surface area contributed by atoms with Crippen molar-refractivity contribution in [1.82, 2.24) is 5.43 Å². The van der Waals surface area contributed by atoms with Crippen LogP contribution in [-0.4, -0.2) is 11.6 Å². The Bertz CT molecular complexity index is 611. The molecule has 0 fully saturated rings. The molecule has 2 aromatic rings. The summed E-state index contributed by atoms with van der Waals surface area (Å²) in [7, 11) is 0. The summed E-state index contributed by atoms with van der Waals surface area (Å²) in [4.78, 5) is 14.2. The Hall–Kier alpha value is -1.94. The lowest BCUT2D eigenvalue weighted by Gasteiger charge is -2.02. The Morgan fingerprint density at radius 2 is 1.79 bits per heavy atom. The van der Waals surface area contributed by atoms with E-state index in [0.29, 0.717) is 5.56 Å². The van der Waals surface area contributed by atoms with Gasteiger partial charge in [-0.1, -0.05) is 17.7 Å². The zero-order chi connectivity index (χ0) is 13.8. The zero-order valence-electron chi connectivity index (χ0n) is 11.2. The molecule has 0 spiro atoms. The van der Waals surface area contributed by atoms with Crippen molar-refractivity contribution in [3.8, 4) is 0 Å². The highest BCUT2D eigenvalue weighted by molar-refractivity contribution is 7.14. The zero-order valence-corrected chi connectivity index (χ0v) is 12.0. The van der Waals surface area contributed by atoms with Gasteiger partial charge in [0, 0.05) is 10.4 Å². The minimum Gasteiger partial charge on any atom is -0.267 e. The first kappa shape index (κ1) is 13.5. The van der Waals surface area contributed by atoms with Crippen LogP contribution in [0, 0.1) is 13.8 Å². The Labute approximate surface area is 117 Å². The van der Waals surface area contributed by atoms with Gasteiger partial charge in [-0.15, -0.1) is 11.3 Å². The molecular formula is C15H16N2OS. The first-order chi connectivity index (χ1) is 9.06. The van der Waals surface area contributed by atoms with Crippen molar-refractivity contribution in [1.29, 1.82) is 0 Å². The van der Waals surface area contributed by atoms with Gasteiger partial charge in [-0.25, -0.2) is 5.43 Å². The number of hydrogen-bond acceptors (Lipinski definition) is 3. The van der Waals surface area contributed by atoms with Gasteiger partial charge >= 0.3 is 0 Å². The molecule has 2 rings (SSSR count). The van der Waals surface area contributed by atoms with Crippen LogP contribution in [0.4, 0.5) is 0 Å². The molecular weight excluding hydrogens is 256 g/mol. The smallest absolute Gasteiger partial charge is 0.267 e. The lowest BCUT2D eigenvalue weighted by molar-refractivity contribution is 0.0955. The van der Waals surface area contributed by atoms with E-state index < -0.39 is 0 Å². The molecule has 1 aromatic carbocycles. The number of hydrogen-bond donors (Lipinski definition) is 1. The number of aryl methyl sites for hydroxylation is 2. The predicted octanol–water partition coefficient (Wildman–Crippen LogP) is 3.52. The standard InChI is InChI=1S/C15H16N2OS/c1-10-4-7-13(8-5-10)15(18)17-16-12(3)14-9-6-11(2)19-14/h4-9H,1-3H3,(H,17,18). The Balaban J connectivity index is 2.05. The molecule has 0 aliphatic carbocycles. The number of amides is 1. The molecule has 1 heterocycles. The molecule has 0 saturated carbocycles. The van der Waals surface area contributed by atoms with Crippen LogP contribution in [0.2, 0.25) is 0 Å². The molecule has 0 saturated heterocycles. The van der Waals surface area contributed by atoms with Crippen molar-refractivity contribution < 1.29 is 4.79 Å². The molecule has 1 amide bonds. The van der Waals surface area contributed by atoms with E-state index in [0.717, 1.165) is 16.2 Å². The van der Waals surface area contributed by atoms with Crippen LogP contribution in [0.25, 0.3) is 0 Å². The van der Waals surface area contributed by atoms with Gasteiger partial charge in [0.25, 0.3) is 5.91 Å². The number of hydrazone groups is 1. The van der Waals surface area contributed by atoms with Gasteiger partial charge in [0.1, 0.15) is 0 Å². The van der Waals surface area contributed by atoms with E-state index in [1.165, 1.54) is 4.88 Å². The van der Waals surface area contributed by atoms with Crippen LogP contribution in [0.5, 0.6) is 0 Å².